The zero-order valence-electron chi connectivity index (χ0n) is 13.4. The molecule has 0 bridgehead atoms. The van der Waals surface area contributed by atoms with Crippen molar-refractivity contribution in [3.8, 4) is 6.07 Å². The molecule has 0 saturated heterocycles. The van der Waals surface area contributed by atoms with E-state index in [9.17, 15) is 4.79 Å². The van der Waals surface area contributed by atoms with E-state index in [0.29, 0.717) is 12.1 Å². The van der Waals surface area contributed by atoms with Gasteiger partial charge in [-0.3, -0.25) is 4.79 Å². The van der Waals surface area contributed by atoms with E-state index in [1.165, 1.54) is 0 Å². The van der Waals surface area contributed by atoms with E-state index in [-0.39, 0.29) is 11.9 Å². The summed E-state index contributed by atoms with van der Waals surface area (Å²) in [6.45, 7) is 8.61. The van der Waals surface area contributed by atoms with Crippen molar-refractivity contribution in [2.45, 2.75) is 40.3 Å². The third-order valence-corrected chi connectivity index (χ3v) is 4.56. The van der Waals surface area contributed by atoms with Gasteiger partial charge < -0.3 is 4.90 Å². The third-order valence-electron chi connectivity index (χ3n) is 3.59. The molecular formula is C18H20N2OS. The molecule has 0 fully saturated rings. The van der Waals surface area contributed by atoms with E-state index in [2.05, 4.69) is 6.07 Å². The average Bonchev–Trinajstić information content (AvgIpc) is 2.83. The average molecular weight is 312 g/mol. The first-order chi connectivity index (χ1) is 10.4. The van der Waals surface area contributed by atoms with E-state index in [1.807, 2.05) is 50.8 Å². The van der Waals surface area contributed by atoms with Crippen LogP contribution in [0.3, 0.4) is 0 Å². The molecule has 0 aliphatic heterocycles. The number of benzene rings is 1. The van der Waals surface area contributed by atoms with Crippen molar-refractivity contribution in [2.75, 3.05) is 0 Å². The first-order valence-electron chi connectivity index (χ1n) is 7.29. The Bertz CT molecular complexity index is 708. The van der Waals surface area contributed by atoms with Gasteiger partial charge in [-0.05, 0) is 51.5 Å². The molecule has 0 radical (unpaired) electrons. The highest BCUT2D eigenvalue weighted by molar-refractivity contribution is 7.12. The molecule has 114 valence electrons. The normalized spacial score (nSPS) is 10.5. The number of hydrogen-bond acceptors (Lipinski definition) is 3. The fourth-order valence-electron chi connectivity index (χ4n) is 2.37. The lowest BCUT2D eigenvalue weighted by Gasteiger charge is -2.27. The summed E-state index contributed by atoms with van der Waals surface area (Å²) in [4.78, 5) is 16.9. The molecular weight excluding hydrogens is 292 g/mol. The minimum Gasteiger partial charge on any atom is -0.332 e. The van der Waals surface area contributed by atoms with Crippen LogP contribution < -0.4 is 0 Å². The molecule has 1 aromatic heterocycles. The highest BCUT2D eigenvalue weighted by Crippen LogP contribution is 2.23. The molecule has 22 heavy (non-hydrogen) atoms. The maximum Gasteiger partial charge on any atom is 0.255 e. The predicted octanol–water partition coefficient (Wildman–Crippen LogP) is 4.29. The Balaban J connectivity index is 2.24. The van der Waals surface area contributed by atoms with Gasteiger partial charge in [0.05, 0.1) is 17.2 Å². The molecule has 1 aromatic carbocycles. The second kappa shape index (κ2) is 6.76. The minimum atomic E-state index is 0.0706. The van der Waals surface area contributed by atoms with Gasteiger partial charge in [-0.25, -0.2) is 0 Å². The van der Waals surface area contributed by atoms with Crippen LogP contribution in [-0.2, 0) is 6.54 Å². The number of hydrogen-bond donors (Lipinski definition) is 0. The maximum atomic E-state index is 12.8. The van der Waals surface area contributed by atoms with Crippen molar-refractivity contribution in [3.05, 3.63) is 56.8 Å². The second-order valence-electron chi connectivity index (χ2n) is 5.66. The number of thiophene rings is 1. The summed E-state index contributed by atoms with van der Waals surface area (Å²) < 4.78 is 0. The van der Waals surface area contributed by atoms with Crippen LogP contribution in [0.25, 0.3) is 0 Å². The highest BCUT2D eigenvalue weighted by Gasteiger charge is 2.22. The lowest BCUT2D eigenvalue weighted by molar-refractivity contribution is 0.0690. The fourth-order valence-corrected chi connectivity index (χ4v) is 3.28. The van der Waals surface area contributed by atoms with Crippen molar-refractivity contribution in [1.82, 2.24) is 4.90 Å². The Morgan fingerprint density at radius 3 is 2.36 bits per heavy atom. The summed E-state index contributed by atoms with van der Waals surface area (Å²) in [5, 5.41) is 8.85. The van der Waals surface area contributed by atoms with Crippen LogP contribution in [0.5, 0.6) is 0 Å². The van der Waals surface area contributed by atoms with Gasteiger partial charge in [0.1, 0.15) is 0 Å². The highest BCUT2D eigenvalue weighted by atomic mass is 32.1. The number of carbonyl (C=O) groups excluding carboxylic acids is 1. The van der Waals surface area contributed by atoms with Crippen LogP contribution in [0.2, 0.25) is 0 Å². The molecule has 0 aliphatic carbocycles. The van der Waals surface area contributed by atoms with Gasteiger partial charge in [0.2, 0.25) is 0 Å². The molecule has 2 aromatic rings. The summed E-state index contributed by atoms with van der Waals surface area (Å²) in [6, 6.07) is 11.6. The van der Waals surface area contributed by atoms with Gasteiger partial charge in [-0.2, -0.15) is 5.26 Å². The summed E-state index contributed by atoms with van der Waals surface area (Å²) in [5.41, 5.74) is 2.46. The van der Waals surface area contributed by atoms with Crippen molar-refractivity contribution >= 4 is 17.2 Å². The molecule has 0 atom stereocenters. The number of rotatable bonds is 4. The SMILES string of the molecule is Cc1cc(C(=O)N(Cc2ccc(C#N)cc2)C(C)C)c(C)s1. The minimum absolute atomic E-state index is 0.0706. The van der Waals surface area contributed by atoms with Crippen molar-refractivity contribution < 1.29 is 4.79 Å². The monoisotopic (exact) mass is 312 g/mol. The number of carbonyl (C=O) groups is 1. The van der Waals surface area contributed by atoms with E-state index < -0.39 is 0 Å². The Morgan fingerprint density at radius 1 is 1.27 bits per heavy atom. The first-order valence-corrected chi connectivity index (χ1v) is 8.11. The lowest BCUT2D eigenvalue weighted by Crippen LogP contribution is -2.36. The third kappa shape index (κ3) is 3.55. The van der Waals surface area contributed by atoms with Gasteiger partial charge in [0, 0.05) is 22.3 Å². The molecule has 0 unspecified atom stereocenters. The van der Waals surface area contributed by atoms with Gasteiger partial charge in [-0.15, -0.1) is 11.3 Å². The number of nitriles is 1. The molecule has 0 saturated carbocycles. The predicted molar refractivity (Wildman–Crippen MR) is 90.0 cm³/mol. The Kier molecular flexibility index (Phi) is 4.99. The Labute approximate surface area is 135 Å². The fraction of sp³-hybridized carbons (Fsp3) is 0.333. The molecule has 1 heterocycles. The second-order valence-corrected chi connectivity index (χ2v) is 7.12. The summed E-state index contributed by atoms with van der Waals surface area (Å²) in [7, 11) is 0. The first kappa shape index (κ1) is 16.3. The standard InChI is InChI=1S/C18H20N2OS/c1-12(2)20(11-16-7-5-15(10-19)6-8-16)18(21)17-9-13(3)22-14(17)4/h5-9,12H,11H2,1-4H3. The van der Waals surface area contributed by atoms with E-state index in [1.54, 1.807) is 23.5 Å². The number of nitrogens with zero attached hydrogens (tertiary/aromatic N) is 2. The molecule has 0 aliphatic rings. The Morgan fingerprint density at radius 2 is 1.91 bits per heavy atom. The van der Waals surface area contributed by atoms with Gasteiger partial charge in [-0.1, -0.05) is 12.1 Å². The van der Waals surface area contributed by atoms with E-state index in [4.69, 9.17) is 5.26 Å². The molecule has 3 nitrogen and oxygen atoms in total. The lowest BCUT2D eigenvalue weighted by atomic mass is 10.1. The Hall–Kier alpha value is -2.12. The molecule has 4 heteroatoms. The van der Waals surface area contributed by atoms with Crippen LogP contribution in [0.1, 0.15) is 45.1 Å². The van der Waals surface area contributed by atoms with Gasteiger partial charge in [0.25, 0.3) is 5.91 Å². The smallest absolute Gasteiger partial charge is 0.255 e. The molecule has 2 rings (SSSR count). The summed E-state index contributed by atoms with van der Waals surface area (Å²) >= 11 is 1.65. The number of amides is 1. The van der Waals surface area contributed by atoms with Crippen LogP contribution in [0, 0.1) is 25.2 Å². The van der Waals surface area contributed by atoms with Crippen molar-refractivity contribution in [1.29, 1.82) is 5.26 Å². The van der Waals surface area contributed by atoms with Crippen LogP contribution in [0.4, 0.5) is 0 Å². The zero-order chi connectivity index (χ0) is 16.3. The molecule has 1 amide bonds. The molecule has 0 N–H and O–H groups in total. The van der Waals surface area contributed by atoms with Crippen molar-refractivity contribution in [3.63, 3.8) is 0 Å². The topological polar surface area (TPSA) is 44.1 Å². The van der Waals surface area contributed by atoms with Gasteiger partial charge in [0.15, 0.2) is 0 Å². The molecule has 0 spiro atoms. The maximum absolute atomic E-state index is 12.8. The number of aryl methyl sites for hydroxylation is 2. The van der Waals surface area contributed by atoms with Gasteiger partial charge >= 0.3 is 0 Å². The van der Waals surface area contributed by atoms with Crippen LogP contribution in [-0.4, -0.2) is 16.8 Å². The largest absolute Gasteiger partial charge is 0.332 e. The van der Waals surface area contributed by atoms with E-state index in [0.717, 1.165) is 20.9 Å². The zero-order valence-corrected chi connectivity index (χ0v) is 14.2. The van der Waals surface area contributed by atoms with Crippen LogP contribution in [0.15, 0.2) is 30.3 Å². The van der Waals surface area contributed by atoms with E-state index >= 15 is 0 Å². The van der Waals surface area contributed by atoms with Crippen LogP contribution >= 0.6 is 11.3 Å². The van der Waals surface area contributed by atoms with Crippen molar-refractivity contribution in [2.24, 2.45) is 0 Å². The quantitative estimate of drug-likeness (QED) is 0.845. The summed E-state index contributed by atoms with van der Waals surface area (Å²) in [5.74, 6) is 0.0706. The summed E-state index contributed by atoms with van der Waals surface area (Å²) in [6.07, 6.45) is 0.